The molecule has 0 aliphatic heterocycles. The number of carbonyl (C=O) groups excluding carboxylic acids is 2. The van der Waals surface area contributed by atoms with E-state index in [9.17, 15) is 14.7 Å². The largest absolute Gasteiger partial charge is 0.466 e. The fourth-order valence-electron chi connectivity index (χ4n) is 10.0. The van der Waals surface area contributed by atoms with Gasteiger partial charge in [0.25, 0.3) is 0 Å². The quantitative estimate of drug-likeness (QED) is 0.0708. The second-order valence-corrected chi connectivity index (χ2v) is 16.6. The zero-order valence-corrected chi connectivity index (χ0v) is 31.2. The average molecular weight is 649 g/mol. The Morgan fingerprint density at radius 3 is 1.72 bits per heavy atom. The molecular weight excluding hydrogens is 572 g/mol. The molecule has 0 saturated heterocycles. The summed E-state index contributed by atoms with van der Waals surface area (Å²) in [5, 5.41) is 9.61. The number of rotatable bonds is 27. The van der Waals surface area contributed by atoms with Crippen LogP contribution in [0.2, 0.25) is 0 Å². The molecule has 0 radical (unpaired) electrons. The Morgan fingerprint density at radius 2 is 1.15 bits per heavy atom. The van der Waals surface area contributed by atoms with Gasteiger partial charge in [-0.25, -0.2) is 0 Å². The third-order valence-electron chi connectivity index (χ3n) is 11.5. The van der Waals surface area contributed by atoms with Crippen LogP contribution in [0.25, 0.3) is 0 Å². The number of aliphatic hydroxyl groups is 1. The molecule has 4 unspecified atom stereocenters. The van der Waals surface area contributed by atoms with Crippen molar-refractivity contribution in [2.45, 2.75) is 202 Å². The molecule has 2 aliphatic rings. The first-order valence-electron chi connectivity index (χ1n) is 20.0. The van der Waals surface area contributed by atoms with Crippen LogP contribution >= 0.6 is 0 Å². The van der Waals surface area contributed by atoms with Crippen LogP contribution in [0, 0.1) is 28.1 Å². The smallest absolute Gasteiger partial charge is 0.305 e. The third-order valence-corrected chi connectivity index (χ3v) is 11.5. The van der Waals surface area contributed by atoms with Crippen LogP contribution in [0.15, 0.2) is 0 Å². The molecule has 2 bridgehead atoms. The Morgan fingerprint density at radius 1 is 0.630 bits per heavy atom. The highest BCUT2D eigenvalue weighted by molar-refractivity contribution is 5.69. The van der Waals surface area contributed by atoms with Crippen LogP contribution in [-0.4, -0.2) is 36.9 Å². The van der Waals surface area contributed by atoms with E-state index in [1.165, 1.54) is 89.9 Å². The van der Waals surface area contributed by atoms with E-state index in [0.717, 1.165) is 70.1 Å². The lowest BCUT2D eigenvalue weighted by molar-refractivity contribution is -0.144. The van der Waals surface area contributed by atoms with E-state index in [1.54, 1.807) is 0 Å². The Kier molecular flexibility index (Phi) is 20.1. The molecule has 270 valence electrons. The zero-order valence-electron chi connectivity index (χ0n) is 31.2. The maximum atomic E-state index is 12.6. The molecule has 4 atom stereocenters. The van der Waals surface area contributed by atoms with Crippen LogP contribution in [0.5, 0.6) is 0 Å². The molecule has 0 aromatic carbocycles. The van der Waals surface area contributed by atoms with E-state index < -0.39 is 0 Å². The minimum atomic E-state index is -0.0241. The highest BCUT2D eigenvalue weighted by Crippen LogP contribution is 2.63. The van der Waals surface area contributed by atoms with Crippen molar-refractivity contribution in [1.82, 2.24) is 0 Å². The number of unbranched alkanes of at least 4 members (excludes halogenated alkanes) is 6. The molecule has 2 saturated carbocycles. The first kappa shape index (κ1) is 41.1. The van der Waals surface area contributed by atoms with E-state index in [1.807, 2.05) is 0 Å². The van der Waals surface area contributed by atoms with Gasteiger partial charge in [0.15, 0.2) is 0 Å². The van der Waals surface area contributed by atoms with Crippen molar-refractivity contribution in [2.75, 3.05) is 19.8 Å². The number of ether oxygens (including phenoxy) is 2. The molecule has 2 rings (SSSR count). The molecular formula is C41H76O5. The molecule has 1 N–H and O–H groups in total. The summed E-state index contributed by atoms with van der Waals surface area (Å²) >= 11 is 0. The van der Waals surface area contributed by atoms with Gasteiger partial charge in [0.05, 0.1) is 13.2 Å². The lowest BCUT2D eigenvalue weighted by Crippen LogP contribution is -2.47. The average Bonchev–Trinajstić information content (AvgIpc) is 3.00. The molecule has 5 heteroatoms. The van der Waals surface area contributed by atoms with Gasteiger partial charge in [-0.2, -0.15) is 0 Å². The number of carbonyl (C=O) groups is 2. The fraction of sp³-hybridized carbons (Fsp3) is 0.951. The Bertz CT molecular complexity index is 822. The number of aliphatic hydroxyl groups excluding tert-OH is 1. The topological polar surface area (TPSA) is 72.8 Å². The Balaban J connectivity index is 1.82. The first-order valence-corrected chi connectivity index (χ1v) is 20.0. The minimum absolute atomic E-state index is 0.0196. The second kappa shape index (κ2) is 22.5. The van der Waals surface area contributed by atoms with Crippen LogP contribution in [0.3, 0.4) is 0 Å². The summed E-state index contributed by atoms with van der Waals surface area (Å²) in [6.45, 7) is 13.1. The van der Waals surface area contributed by atoms with Gasteiger partial charge in [0.1, 0.15) is 0 Å². The van der Waals surface area contributed by atoms with Crippen molar-refractivity contribution in [2.24, 2.45) is 28.1 Å². The van der Waals surface area contributed by atoms with Crippen LogP contribution in [-0.2, 0) is 19.1 Å². The van der Waals surface area contributed by atoms with E-state index in [-0.39, 0.29) is 34.8 Å². The zero-order chi connectivity index (χ0) is 33.7. The van der Waals surface area contributed by atoms with Gasteiger partial charge in [-0.3, -0.25) is 9.59 Å². The molecule has 2 aliphatic carbocycles. The van der Waals surface area contributed by atoms with Gasteiger partial charge in [-0.1, -0.05) is 105 Å². The van der Waals surface area contributed by atoms with Crippen LogP contribution < -0.4 is 0 Å². The first-order chi connectivity index (χ1) is 22.1. The number of esters is 2. The maximum Gasteiger partial charge on any atom is 0.305 e. The number of fused-ring (bicyclic) bond motifs is 2. The molecule has 2 fully saturated rings. The minimum Gasteiger partial charge on any atom is -0.466 e. The SMILES string of the molecule is CCCCCCCCC(=O)OCCCC1(C)CC2CC(C)(CCCO)CC(CCCOC(=O)CCCCC(CCC)CCC)(C2)C1. The van der Waals surface area contributed by atoms with Crippen molar-refractivity contribution in [3.05, 3.63) is 0 Å². The van der Waals surface area contributed by atoms with E-state index in [2.05, 4.69) is 34.6 Å². The predicted molar refractivity (Wildman–Crippen MR) is 192 cm³/mol. The van der Waals surface area contributed by atoms with Gasteiger partial charge in [-0.15, -0.1) is 0 Å². The summed E-state index contributed by atoms with van der Waals surface area (Å²) in [6.07, 6.45) is 29.0. The van der Waals surface area contributed by atoms with Crippen LogP contribution in [0.1, 0.15) is 202 Å². The second-order valence-electron chi connectivity index (χ2n) is 16.6. The fourth-order valence-corrected chi connectivity index (χ4v) is 10.0. The standard InChI is InChI=1S/C41H76O5/c1-6-9-10-11-12-13-22-37(43)45-28-17-25-40(5)31-36-30-39(4,24-16-27-42)33-41(32-36,34-40)26-18-29-46-38(44)23-15-14-21-35(19-7-2)20-8-3/h35-36,42H,6-34H2,1-5H3. The van der Waals surface area contributed by atoms with Gasteiger partial charge in [0.2, 0.25) is 0 Å². The lowest BCUT2D eigenvalue weighted by atomic mass is 9.47. The lowest BCUT2D eigenvalue weighted by Gasteiger charge is -2.58. The highest BCUT2D eigenvalue weighted by atomic mass is 16.5. The number of hydrogen-bond acceptors (Lipinski definition) is 5. The molecule has 0 heterocycles. The summed E-state index contributed by atoms with van der Waals surface area (Å²) in [5.41, 5.74) is 0.814. The van der Waals surface area contributed by atoms with Crippen LogP contribution in [0.4, 0.5) is 0 Å². The summed E-state index contributed by atoms with van der Waals surface area (Å²) in [4.78, 5) is 24.9. The molecule has 46 heavy (non-hydrogen) atoms. The third kappa shape index (κ3) is 16.3. The highest BCUT2D eigenvalue weighted by Gasteiger charge is 2.52. The van der Waals surface area contributed by atoms with E-state index >= 15 is 0 Å². The summed E-state index contributed by atoms with van der Waals surface area (Å²) in [7, 11) is 0. The van der Waals surface area contributed by atoms with Crippen molar-refractivity contribution in [3.63, 3.8) is 0 Å². The Hall–Kier alpha value is -1.10. The summed E-state index contributed by atoms with van der Waals surface area (Å²) in [6, 6.07) is 0. The molecule has 5 nitrogen and oxygen atoms in total. The normalized spacial score (nSPS) is 25.9. The predicted octanol–water partition coefficient (Wildman–Crippen LogP) is 11.5. The van der Waals surface area contributed by atoms with Gasteiger partial charge >= 0.3 is 11.9 Å². The summed E-state index contributed by atoms with van der Waals surface area (Å²) in [5.74, 6) is 1.48. The molecule has 0 aromatic rings. The molecule has 0 aromatic heterocycles. The monoisotopic (exact) mass is 649 g/mol. The van der Waals surface area contributed by atoms with Crippen molar-refractivity contribution >= 4 is 11.9 Å². The van der Waals surface area contributed by atoms with Crippen molar-refractivity contribution in [1.29, 1.82) is 0 Å². The number of hydrogen-bond donors (Lipinski definition) is 1. The summed E-state index contributed by atoms with van der Waals surface area (Å²) < 4.78 is 11.4. The van der Waals surface area contributed by atoms with E-state index in [4.69, 9.17) is 9.47 Å². The molecule has 0 amide bonds. The van der Waals surface area contributed by atoms with Gasteiger partial charge < -0.3 is 14.6 Å². The van der Waals surface area contributed by atoms with Crippen molar-refractivity contribution < 1.29 is 24.2 Å². The molecule has 0 spiro atoms. The Labute approximate surface area is 285 Å². The van der Waals surface area contributed by atoms with Crippen molar-refractivity contribution in [3.8, 4) is 0 Å². The maximum absolute atomic E-state index is 12.6. The van der Waals surface area contributed by atoms with Gasteiger partial charge in [-0.05, 0) is 112 Å². The van der Waals surface area contributed by atoms with E-state index in [0.29, 0.717) is 32.0 Å². The van der Waals surface area contributed by atoms with Gasteiger partial charge in [0, 0.05) is 19.4 Å².